The molecular formula is C26H29NO7. The summed E-state index contributed by atoms with van der Waals surface area (Å²) in [6.07, 6.45) is 0.0780. The summed E-state index contributed by atoms with van der Waals surface area (Å²) in [4.78, 5) is 10.9. The van der Waals surface area contributed by atoms with Crippen molar-refractivity contribution in [3.63, 3.8) is 0 Å². The fourth-order valence-electron chi connectivity index (χ4n) is 3.19. The van der Waals surface area contributed by atoms with E-state index in [-0.39, 0.29) is 24.5 Å². The predicted molar refractivity (Wildman–Crippen MR) is 126 cm³/mol. The zero-order chi connectivity index (χ0) is 24.3. The predicted octanol–water partition coefficient (Wildman–Crippen LogP) is 2.73. The molecule has 3 aromatic rings. The molecule has 0 aliphatic heterocycles. The van der Waals surface area contributed by atoms with Gasteiger partial charge >= 0.3 is 5.97 Å². The SMILES string of the molecule is O=C(O)c1ccc(COc2ccc(CCNCC(O)COc3ccc(O)c(CO)c3)cc2)cc1. The first-order valence-corrected chi connectivity index (χ1v) is 10.9. The van der Waals surface area contributed by atoms with Gasteiger partial charge in [-0.1, -0.05) is 24.3 Å². The monoisotopic (exact) mass is 467 g/mol. The number of carboxylic acid groups (broad SMARTS) is 1. The number of phenols is 1. The molecule has 0 amide bonds. The lowest BCUT2D eigenvalue weighted by Crippen LogP contribution is -2.32. The maximum Gasteiger partial charge on any atom is 0.335 e. The number of aliphatic hydroxyl groups is 2. The second-order valence-corrected chi connectivity index (χ2v) is 7.80. The minimum Gasteiger partial charge on any atom is -0.508 e. The van der Waals surface area contributed by atoms with Gasteiger partial charge in [-0.2, -0.15) is 0 Å². The van der Waals surface area contributed by atoms with Crippen LogP contribution in [0.5, 0.6) is 17.2 Å². The summed E-state index contributed by atoms with van der Waals surface area (Å²) in [7, 11) is 0. The maximum absolute atomic E-state index is 10.9. The molecular weight excluding hydrogens is 438 g/mol. The van der Waals surface area contributed by atoms with Crippen molar-refractivity contribution in [3.8, 4) is 17.2 Å². The molecule has 8 nitrogen and oxygen atoms in total. The van der Waals surface area contributed by atoms with E-state index in [4.69, 9.17) is 14.6 Å². The Morgan fingerprint density at radius 2 is 1.59 bits per heavy atom. The minimum absolute atomic E-state index is 0.00364. The van der Waals surface area contributed by atoms with Crippen molar-refractivity contribution in [2.24, 2.45) is 0 Å². The summed E-state index contributed by atoms with van der Waals surface area (Å²) in [5, 5.41) is 41.0. The van der Waals surface area contributed by atoms with Crippen LogP contribution in [0, 0.1) is 0 Å². The van der Waals surface area contributed by atoms with Crippen molar-refractivity contribution in [1.82, 2.24) is 5.32 Å². The Morgan fingerprint density at radius 3 is 2.26 bits per heavy atom. The number of benzene rings is 3. The molecule has 0 heterocycles. The van der Waals surface area contributed by atoms with E-state index >= 15 is 0 Å². The van der Waals surface area contributed by atoms with E-state index in [1.54, 1.807) is 30.3 Å². The quantitative estimate of drug-likeness (QED) is 0.243. The van der Waals surface area contributed by atoms with Gasteiger partial charge < -0.3 is 35.2 Å². The van der Waals surface area contributed by atoms with E-state index in [2.05, 4.69) is 5.32 Å². The van der Waals surface area contributed by atoms with Crippen molar-refractivity contribution in [2.75, 3.05) is 19.7 Å². The highest BCUT2D eigenvalue weighted by Gasteiger charge is 2.07. The summed E-state index contributed by atoms with van der Waals surface area (Å²) < 4.78 is 11.3. The number of carbonyl (C=O) groups is 1. The number of hydrogen-bond donors (Lipinski definition) is 5. The molecule has 0 bridgehead atoms. The van der Waals surface area contributed by atoms with Gasteiger partial charge in [-0.3, -0.25) is 0 Å². The Hall–Kier alpha value is -3.59. The van der Waals surface area contributed by atoms with Crippen LogP contribution in [0.2, 0.25) is 0 Å². The fourth-order valence-corrected chi connectivity index (χ4v) is 3.19. The third kappa shape index (κ3) is 7.77. The van der Waals surface area contributed by atoms with Crippen molar-refractivity contribution in [3.05, 3.63) is 89.0 Å². The summed E-state index contributed by atoms with van der Waals surface area (Å²) in [5.74, 6) is 0.251. The molecule has 3 aromatic carbocycles. The third-order valence-corrected chi connectivity index (χ3v) is 5.16. The summed E-state index contributed by atoms with van der Waals surface area (Å²) in [6, 6.07) is 18.9. The first kappa shape index (κ1) is 25.0. The van der Waals surface area contributed by atoms with Crippen molar-refractivity contribution < 1.29 is 34.7 Å². The molecule has 0 aromatic heterocycles. The summed E-state index contributed by atoms with van der Waals surface area (Å²) in [5.41, 5.74) is 2.63. The van der Waals surface area contributed by atoms with Crippen LogP contribution in [0.4, 0.5) is 0 Å². The lowest BCUT2D eigenvalue weighted by Gasteiger charge is -2.14. The normalized spacial score (nSPS) is 11.7. The highest BCUT2D eigenvalue weighted by molar-refractivity contribution is 5.87. The van der Waals surface area contributed by atoms with Crippen molar-refractivity contribution in [2.45, 2.75) is 25.7 Å². The highest BCUT2D eigenvalue weighted by atomic mass is 16.5. The van der Waals surface area contributed by atoms with E-state index in [1.165, 1.54) is 12.1 Å². The third-order valence-electron chi connectivity index (χ3n) is 5.16. The molecule has 3 rings (SSSR count). The number of aliphatic hydroxyl groups excluding tert-OH is 2. The van der Waals surface area contributed by atoms with Crippen LogP contribution in [0.25, 0.3) is 0 Å². The van der Waals surface area contributed by atoms with E-state index in [0.29, 0.717) is 31.0 Å². The summed E-state index contributed by atoms with van der Waals surface area (Å²) >= 11 is 0. The zero-order valence-corrected chi connectivity index (χ0v) is 18.7. The molecule has 0 saturated heterocycles. The van der Waals surface area contributed by atoms with Gasteiger partial charge in [-0.25, -0.2) is 4.79 Å². The first-order chi connectivity index (χ1) is 16.4. The molecule has 0 aliphatic carbocycles. The van der Waals surface area contributed by atoms with Gasteiger partial charge in [0.25, 0.3) is 0 Å². The molecule has 1 atom stereocenters. The van der Waals surface area contributed by atoms with Gasteiger partial charge in [0.15, 0.2) is 0 Å². The Balaban J connectivity index is 1.33. The number of nitrogens with one attached hydrogen (secondary N) is 1. The largest absolute Gasteiger partial charge is 0.508 e. The number of aromatic hydroxyl groups is 1. The molecule has 0 radical (unpaired) electrons. The highest BCUT2D eigenvalue weighted by Crippen LogP contribution is 2.23. The number of ether oxygens (including phenoxy) is 2. The molecule has 34 heavy (non-hydrogen) atoms. The smallest absolute Gasteiger partial charge is 0.335 e. The Kier molecular flexibility index (Phi) is 9.28. The lowest BCUT2D eigenvalue weighted by molar-refractivity contribution is 0.0696. The van der Waals surface area contributed by atoms with Gasteiger partial charge in [0.1, 0.15) is 36.6 Å². The first-order valence-electron chi connectivity index (χ1n) is 10.9. The average molecular weight is 468 g/mol. The van der Waals surface area contributed by atoms with E-state index in [1.807, 2.05) is 24.3 Å². The standard InChI is InChI=1S/C26H29NO7/c28-15-21-13-24(9-10-25(21)30)34-17-22(29)14-27-12-11-18-3-7-23(8-4-18)33-16-19-1-5-20(6-2-19)26(31)32/h1-10,13,22,27-30H,11-12,14-17H2,(H,31,32). The molecule has 180 valence electrons. The Labute approximate surface area is 198 Å². The van der Waals surface area contributed by atoms with Crippen LogP contribution in [0.3, 0.4) is 0 Å². The van der Waals surface area contributed by atoms with Crippen LogP contribution >= 0.6 is 0 Å². The van der Waals surface area contributed by atoms with Crippen molar-refractivity contribution >= 4 is 5.97 Å². The fraction of sp³-hybridized carbons (Fsp3) is 0.269. The minimum atomic E-state index is -0.952. The molecule has 0 saturated carbocycles. The van der Waals surface area contributed by atoms with E-state index < -0.39 is 12.1 Å². The number of hydrogen-bond acceptors (Lipinski definition) is 7. The number of carboxylic acids is 1. The van der Waals surface area contributed by atoms with Gasteiger partial charge in [-0.15, -0.1) is 0 Å². The number of rotatable bonds is 13. The van der Waals surface area contributed by atoms with E-state index in [0.717, 1.165) is 23.3 Å². The average Bonchev–Trinajstić information content (AvgIpc) is 2.85. The second-order valence-electron chi connectivity index (χ2n) is 7.80. The molecule has 0 aliphatic rings. The summed E-state index contributed by atoms with van der Waals surface area (Å²) in [6.45, 7) is 1.20. The molecule has 0 spiro atoms. The van der Waals surface area contributed by atoms with Crippen LogP contribution < -0.4 is 14.8 Å². The molecule has 5 N–H and O–H groups in total. The van der Waals surface area contributed by atoms with Crippen LogP contribution in [0.1, 0.15) is 27.0 Å². The maximum atomic E-state index is 10.9. The van der Waals surface area contributed by atoms with Gasteiger partial charge in [0.05, 0.1) is 12.2 Å². The van der Waals surface area contributed by atoms with E-state index in [9.17, 15) is 20.1 Å². The lowest BCUT2D eigenvalue weighted by atomic mass is 10.1. The van der Waals surface area contributed by atoms with Crippen LogP contribution in [0.15, 0.2) is 66.7 Å². The molecule has 1 unspecified atom stereocenters. The Bertz CT molecular complexity index is 1050. The van der Waals surface area contributed by atoms with Crippen LogP contribution in [-0.4, -0.2) is 52.2 Å². The Morgan fingerprint density at radius 1 is 0.912 bits per heavy atom. The van der Waals surface area contributed by atoms with Crippen molar-refractivity contribution in [1.29, 1.82) is 0 Å². The van der Waals surface area contributed by atoms with Gasteiger partial charge in [0.2, 0.25) is 0 Å². The van der Waals surface area contributed by atoms with Gasteiger partial charge in [-0.05, 0) is 66.6 Å². The zero-order valence-electron chi connectivity index (χ0n) is 18.7. The van der Waals surface area contributed by atoms with Crippen LogP contribution in [-0.2, 0) is 19.6 Å². The molecule has 8 heteroatoms. The second kappa shape index (κ2) is 12.6. The van der Waals surface area contributed by atoms with Gasteiger partial charge in [0, 0.05) is 12.1 Å². The molecule has 0 fully saturated rings. The topological polar surface area (TPSA) is 128 Å². The number of aromatic carboxylic acids is 1.